The summed E-state index contributed by atoms with van der Waals surface area (Å²) in [5.41, 5.74) is 5.66. The van der Waals surface area contributed by atoms with Crippen LogP contribution >= 0.6 is 0 Å². The molecule has 0 atom stereocenters. The molecule has 0 bridgehead atoms. The van der Waals surface area contributed by atoms with Crippen LogP contribution in [0.25, 0.3) is 21.5 Å². The van der Waals surface area contributed by atoms with Crippen LogP contribution in [0.3, 0.4) is 0 Å². The molecule has 4 aromatic carbocycles. The second kappa shape index (κ2) is 16.0. The number of hydrogen-bond donors (Lipinski definition) is 0. The van der Waals surface area contributed by atoms with E-state index in [4.69, 9.17) is 0 Å². The summed E-state index contributed by atoms with van der Waals surface area (Å²) in [6.07, 6.45) is 0. The van der Waals surface area contributed by atoms with Gasteiger partial charge in [0.1, 0.15) is 0 Å². The van der Waals surface area contributed by atoms with Crippen LogP contribution in [0.2, 0.25) is 13.1 Å². The van der Waals surface area contributed by atoms with Gasteiger partial charge in [-0.05, 0) is 11.8 Å². The first-order valence-corrected chi connectivity index (χ1v) is 12.7. The van der Waals surface area contributed by atoms with Gasteiger partial charge in [-0.25, -0.2) is 0 Å². The summed E-state index contributed by atoms with van der Waals surface area (Å²) in [5.74, 6) is 1.23. The third-order valence-corrected chi connectivity index (χ3v) is 5.10. The van der Waals surface area contributed by atoms with Gasteiger partial charge in [0.15, 0.2) is 0 Å². The predicted octanol–water partition coefficient (Wildman–Crippen LogP) is 2.77. The number of rotatable bonds is 2. The Morgan fingerprint density at radius 1 is 0.656 bits per heavy atom. The molecule has 0 heterocycles. The molecule has 0 saturated heterocycles. The Morgan fingerprint density at radius 3 is 1.25 bits per heavy atom. The van der Waals surface area contributed by atoms with E-state index in [0.29, 0.717) is 11.8 Å². The fraction of sp³-hybridized carbons (Fsp3) is 0.357. The first kappa shape index (κ1) is 33.5. The quantitative estimate of drug-likeness (QED) is 0.232. The molecule has 0 aromatic heterocycles. The average molecular weight is 650 g/mol. The van der Waals surface area contributed by atoms with Crippen LogP contribution in [-0.4, -0.2) is 9.52 Å². The maximum atomic E-state index is 2.28. The Morgan fingerprint density at radius 2 is 0.969 bits per heavy atom. The Labute approximate surface area is 229 Å². The Bertz CT molecular complexity index is 960. The molecule has 0 saturated carbocycles. The topological polar surface area (TPSA) is 0 Å². The summed E-state index contributed by atoms with van der Waals surface area (Å²) in [5, 5.41) is 5.61. The SMILES string of the molecule is C[Si]C.Cc1cc2c(C(C)C)cccc2[cH-]1.Cc1cc2c(C(C)C)cccc2[cH-]1.[Cl-].[Cl-].[Hf+4]. The van der Waals surface area contributed by atoms with Crippen LogP contribution in [0, 0.1) is 13.8 Å². The molecule has 32 heavy (non-hydrogen) atoms. The van der Waals surface area contributed by atoms with Gasteiger partial charge in [-0.3, -0.25) is 0 Å². The molecule has 0 aliphatic carbocycles. The second-order valence-corrected chi connectivity index (χ2v) is 9.58. The third kappa shape index (κ3) is 8.93. The van der Waals surface area contributed by atoms with Crippen LogP contribution in [0.15, 0.2) is 60.7 Å². The number of halogens is 2. The van der Waals surface area contributed by atoms with E-state index in [1.54, 1.807) is 0 Å². The van der Waals surface area contributed by atoms with Gasteiger partial charge >= 0.3 is 25.8 Å². The fourth-order valence-corrected chi connectivity index (χ4v) is 3.82. The van der Waals surface area contributed by atoms with Crippen molar-refractivity contribution in [1.29, 1.82) is 0 Å². The van der Waals surface area contributed by atoms with Crippen LogP contribution in [0.1, 0.15) is 61.8 Å². The summed E-state index contributed by atoms with van der Waals surface area (Å²) in [4.78, 5) is 0. The second-order valence-electron chi connectivity index (χ2n) is 8.58. The van der Waals surface area contributed by atoms with Gasteiger partial charge in [-0.2, -0.15) is 12.1 Å². The third-order valence-electron chi connectivity index (χ3n) is 5.10. The van der Waals surface area contributed by atoms with Crippen LogP contribution in [-0.2, 0) is 25.8 Å². The molecule has 4 heteroatoms. The standard InChI is InChI=1S/2C13H15.C2H6Si.2ClH.Hf/c2*1-9(2)12-6-4-5-11-7-10(3)8-13(11)12;1-3-2;;;/h2*4-9H,1-3H3;1-2H3;2*1H;/q2*-1;;;;+4/p-2. The molecule has 4 aromatic rings. The van der Waals surface area contributed by atoms with Crippen LogP contribution in [0.4, 0.5) is 0 Å². The summed E-state index contributed by atoms with van der Waals surface area (Å²) in [7, 11) is 1.08. The van der Waals surface area contributed by atoms with Gasteiger partial charge in [0.2, 0.25) is 0 Å². The van der Waals surface area contributed by atoms with E-state index < -0.39 is 0 Å². The molecule has 0 unspecified atom stereocenters. The molecular weight excluding hydrogens is 614 g/mol. The first-order chi connectivity index (χ1) is 13.8. The van der Waals surface area contributed by atoms with Gasteiger partial charge in [-0.15, -0.1) is 69.1 Å². The van der Waals surface area contributed by atoms with Crippen molar-refractivity contribution in [3.8, 4) is 0 Å². The van der Waals surface area contributed by atoms with Crippen molar-refractivity contribution >= 4 is 31.1 Å². The molecule has 0 N–H and O–H groups in total. The van der Waals surface area contributed by atoms with Gasteiger partial charge in [-0.1, -0.05) is 77.9 Å². The summed E-state index contributed by atoms with van der Waals surface area (Å²) < 4.78 is 0. The zero-order valence-corrected chi connectivity index (χ0v) is 26.8. The van der Waals surface area contributed by atoms with E-state index >= 15 is 0 Å². The van der Waals surface area contributed by atoms with E-state index in [1.165, 1.54) is 43.8 Å². The molecule has 0 aliphatic rings. The molecule has 0 nitrogen and oxygen atoms in total. The van der Waals surface area contributed by atoms with Crippen LogP contribution < -0.4 is 24.8 Å². The van der Waals surface area contributed by atoms with E-state index in [1.807, 2.05) is 0 Å². The maximum Gasteiger partial charge on any atom is 4.00 e. The zero-order valence-electron chi connectivity index (χ0n) is 20.7. The Hall–Kier alpha value is -0.673. The molecule has 0 spiro atoms. The van der Waals surface area contributed by atoms with Crippen molar-refractivity contribution in [1.82, 2.24) is 0 Å². The van der Waals surface area contributed by atoms with E-state index in [9.17, 15) is 0 Å². The molecule has 0 amide bonds. The van der Waals surface area contributed by atoms with E-state index in [0.717, 1.165) is 9.52 Å². The largest absolute Gasteiger partial charge is 4.00 e. The monoisotopic (exact) mass is 650 g/mol. The van der Waals surface area contributed by atoms with Gasteiger partial charge in [0.25, 0.3) is 0 Å². The minimum Gasteiger partial charge on any atom is -1.00 e. The molecule has 2 radical (unpaired) electrons. The van der Waals surface area contributed by atoms with Crippen molar-refractivity contribution in [2.75, 3.05) is 0 Å². The van der Waals surface area contributed by atoms with E-state index in [-0.39, 0.29) is 50.7 Å². The summed E-state index contributed by atoms with van der Waals surface area (Å²) in [6.45, 7) is 17.6. The van der Waals surface area contributed by atoms with Crippen LogP contribution in [0.5, 0.6) is 0 Å². The number of aryl methyl sites for hydroxylation is 2. The average Bonchev–Trinajstić information content (AvgIpc) is 3.22. The van der Waals surface area contributed by atoms with Crippen molar-refractivity contribution in [3.63, 3.8) is 0 Å². The maximum absolute atomic E-state index is 2.28. The van der Waals surface area contributed by atoms with Crippen molar-refractivity contribution in [2.45, 2.75) is 66.5 Å². The number of hydrogen-bond acceptors (Lipinski definition) is 0. The normalized spacial score (nSPS) is 9.81. The number of benzene rings is 2. The smallest absolute Gasteiger partial charge is 1.00 e. The van der Waals surface area contributed by atoms with Crippen molar-refractivity contribution in [3.05, 3.63) is 82.9 Å². The minimum atomic E-state index is 0. The van der Waals surface area contributed by atoms with Gasteiger partial charge in [0, 0.05) is 9.52 Å². The fourth-order valence-electron chi connectivity index (χ4n) is 3.82. The molecule has 0 aliphatic heterocycles. The van der Waals surface area contributed by atoms with Crippen molar-refractivity contribution < 1.29 is 50.7 Å². The van der Waals surface area contributed by atoms with E-state index in [2.05, 4.69) is 115 Å². The first-order valence-electron chi connectivity index (χ1n) is 10.7. The Kier molecular flexibility index (Phi) is 16.8. The number of fused-ring (bicyclic) bond motifs is 2. The molecular formula is C28H36Cl2HfSi. The van der Waals surface area contributed by atoms with Crippen molar-refractivity contribution in [2.24, 2.45) is 0 Å². The zero-order chi connectivity index (χ0) is 21.6. The van der Waals surface area contributed by atoms with Gasteiger partial charge < -0.3 is 24.8 Å². The molecule has 0 fully saturated rings. The summed E-state index contributed by atoms with van der Waals surface area (Å²) >= 11 is 0. The Balaban J connectivity index is 0. The summed E-state index contributed by atoms with van der Waals surface area (Å²) in [6, 6.07) is 22.2. The van der Waals surface area contributed by atoms with Gasteiger partial charge in [0.05, 0.1) is 0 Å². The predicted molar refractivity (Wildman–Crippen MR) is 134 cm³/mol. The molecule has 4 rings (SSSR count). The molecule has 170 valence electrons. The minimum absolute atomic E-state index is 0.